The minimum absolute atomic E-state index is 0. The van der Waals surface area contributed by atoms with Gasteiger partial charge in [0.05, 0.1) is 6.61 Å². The Morgan fingerprint density at radius 2 is 1.71 bits per heavy atom. The summed E-state index contributed by atoms with van der Waals surface area (Å²) in [5, 5.41) is 0. The summed E-state index contributed by atoms with van der Waals surface area (Å²) in [5.74, 6) is -0.0675. The Morgan fingerprint density at radius 3 is 2.33 bits per heavy atom. The standard InChI is InChI=1S/C16H28O3S.Na/c1-4-5-6-7-8-11-14-19-20(17,18)16(3)13-10-9-12-15(16)2;/h9-10,12-13,15H,4-8,11,14H2,1-3H3;. The summed E-state index contributed by atoms with van der Waals surface area (Å²) in [5.41, 5.74) is 0. The van der Waals surface area contributed by atoms with Crippen LogP contribution in [0.4, 0.5) is 0 Å². The molecule has 0 bridgehead atoms. The Kier molecular flexibility index (Phi) is 10.4. The van der Waals surface area contributed by atoms with Crippen LogP contribution in [0, 0.1) is 5.92 Å². The molecule has 2 atom stereocenters. The first kappa shape index (κ1) is 21.4. The fourth-order valence-corrected chi connectivity index (χ4v) is 3.68. The number of unbranched alkanes of at least 4 members (excludes halogenated alkanes) is 5. The molecule has 0 aromatic carbocycles. The molecule has 0 aromatic heterocycles. The molecule has 0 saturated carbocycles. The van der Waals surface area contributed by atoms with Crippen molar-refractivity contribution in [3.63, 3.8) is 0 Å². The van der Waals surface area contributed by atoms with Crippen LogP contribution >= 0.6 is 0 Å². The third kappa shape index (κ3) is 6.19. The van der Waals surface area contributed by atoms with Gasteiger partial charge in [-0.2, -0.15) is 8.42 Å². The van der Waals surface area contributed by atoms with E-state index >= 15 is 0 Å². The van der Waals surface area contributed by atoms with Crippen LogP contribution in [0.25, 0.3) is 0 Å². The molecular weight excluding hydrogens is 295 g/mol. The van der Waals surface area contributed by atoms with Crippen LogP contribution in [0.15, 0.2) is 24.3 Å². The molecule has 0 aromatic rings. The van der Waals surface area contributed by atoms with E-state index in [2.05, 4.69) is 6.92 Å². The molecule has 0 amide bonds. The number of hydrogen-bond donors (Lipinski definition) is 0. The van der Waals surface area contributed by atoms with Crippen molar-refractivity contribution in [2.45, 2.75) is 64.0 Å². The van der Waals surface area contributed by atoms with Crippen molar-refractivity contribution in [3.8, 4) is 0 Å². The van der Waals surface area contributed by atoms with Gasteiger partial charge in [-0.3, -0.25) is 4.18 Å². The predicted octanol–water partition coefficient (Wildman–Crippen LogP) is 3.83. The van der Waals surface area contributed by atoms with Crippen LogP contribution in [-0.4, -0.2) is 49.3 Å². The van der Waals surface area contributed by atoms with Crippen LogP contribution in [0.5, 0.6) is 0 Å². The Labute approximate surface area is 152 Å². The molecule has 2 unspecified atom stereocenters. The van der Waals surface area contributed by atoms with Crippen molar-refractivity contribution in [1.82, 2.24) is 0 Å². The van der Waals surface area contributed by atoms with E-state index in [-0.39, 0.29) is 35.5 Å². The molecule has 5 heteroatoms. The molecule has 1 radical (unpaired) electrons. The molecule has 21 heavy (non-hydrogen) atoms. The smallest absolute Gasteiger partial charge is 0.269 e. The number of allylic oxidation sites excluding steroid dienone is 3. The molecule has 3 nitrogen and oxygen atoms in total. The molecule has 1 aliphatic carbocycles. The van der Waals surface area contributed by atoms with Gasteiger partial charge in [-0.05, 0) is 19.3 Å². The zero-order valence-electron chi connectivity index (χ0n) is 14.0. The summed E-state index contributed by atoms with van der Waals surface area (Å²) in [6, 6.07) is 0. The Bertz CT molecular complexity index is 442. The maximum atomic E-state index is 12.3. The van der Waals surface area contributed by atoms with E-state index in [1.165, 1.54) is 19.3 Å². The van der Waals surface area contributed by atoms with Gasteiger partial charge < -0.3 is 0 Å². The molecule has 0 spiro atoms. The van der Waals surface area contributed by atoms with Crippen LogP contribution in [-0.2, 0) is 14.3 Å². The topological polar surface area (TPSA) is 43.4 Å². The van der Waals surface area contributed by atoms with E-state index in [1.807, 2.05) is 19.1 Å². The SMILES string of the molecule is CCCCCCCCOS(=O)(=O)C1(C)C=CC=CC1C.[Na]. The first-order valence-electron chi connectivity index (χ1n) is 7.69. The minimum atomic E-state index is -3.57. The second kappa shape index (κ2) is 10.2. The van der Waals surface area contributed by atoms with Crippen molar-refractivity contribution in [2.75, 3.05) is 6.61 Å². The van der Waals surface area contributed by atoms with E-state index in [0.717, 1.165) is 19.3 Å². The zero-order valence-corrected chi connectivity index (χ0v) is 16.8. The van der Waals surface area contributed by atoms with E-state index in [9.17, 15) is 8.42 Å². The molecule has 1 aliphatic rings. The van der Waals surface area contributed by atoms with Crippen molar-refractivity contribution in [1.29, 1.82) is 0 Å². The van der Waals surface area contributed by atoms with E-state index in [4.69, 9.17) is 4.18 Å². The summed E-state index contributed by atoms with van der Waals surface area (Å²) in [6.07, 6.45) is 14.0. The summed E-state index contributed by atoms with van der Waals surface area (Å²) in [6.45, 7) is 6.12. The quantitative estimate of drug-likeness (QED) is 0.368. The van der Waals surface area contributed by atoms with Gasteiger partial charge in [-0.25, -0.2) is 0 Å². The maximum absolute atomic E-state index is 12.3. The van der Waals surface area contributed by atoms with Gasteiger partial charge in [0.1, 0.15) is 4.75 Å². The molecule has 0 fully saturated rings. The molecule has 117 valence electrons. The van der Waals surface area contributed by atoms with E-state index < -0.39 is 14.9 Å². The van der Waals surface area contributed by atoms with Gasteiger partial charge in [0, 0.05) is 29.6 Å². The fourth-order valence-electron chi connectivity index (χ4n) is 2.31. The second-order valence-electron chi connectivity index (χ2n) is 5.76. The third-order valence-electron chi connectivity index (χ3n) is 4.12. The van der Waals surface area contributed by atoms with Gasteiger partial charge in [0.15, 0.2) is 0 Å². The monoisotopic (exact) mass is 323 g/mol. The fraction of sp³-hybridized carbons (Fsp3) is 0.750. The van der Waals surface area contributed by atoms with E-state index in [0.29, 0.717) is 6.61 Å². The first-order valence-corrected chi connectivity index (χ1v) is 9.10. The maximum Gasteiger partial charge on any atom is 0.277 e. The average Bonchev–Trinajstić information content (AvgIpc) is 2.41. The molecule has 0 N–H and O–H groups in total. The van der Waals surface area contributed by atoms with Gasteiger partial charge in [0.25, 0.3) is 10.1 Å². The van der Waals surface area contributed by atoms with Crippen molar-refractivity contribution >= 4 is 39.7 Å². The Morgan fingerprint density at radius 1 is 1.10 bits per heavy atom. The van der Waals surface area contributed by atoms with Gasteiger partial charge in [-0.1, -0.05) is 70.3 Å². The Balaban J connectivity index is 0.00000400. The number of hydrogen-bond acceptors (Lipinski definition) is 3. The largest absolute Gasteiger partial charge is 0.277 e. The van der Waals surface area contributed by atoms with Crippen molar-refractivity contribution in [3.05, 3.63) is 24.3 Å². The van der Waals surface area contributed by atoms with E-state index in [1.54, 1.807) is 19.1 Å². The Hall–Kier alpha value is 0.390. The molecule has 0 saturated heterocycles. The minimum Gasteiger partial charge on any atom is -0.269 e. The zero-order chi connectivity index (χ0) is 15.1. The second-order valence-corrected chi connectivity index (χ2v) is 7.78. The first-order chi connectivity index (χ1) is 9.44. The predicted molar refractivity (Wildman–Crippen MR) is 89.9 cm³/mol. The molecule has 0 aliphatic heterocycles. The third-order valence-corrected chi connectivity index (χ3v) is 6.18. The van der Waals surface area contributed by atoms with Gasteiger partial charge in [0.2, 0.25) is 0 Å². The normalized spacial score (nSPS) is 24.8. The summed E-state index contributed by atoms with van der Waals surface area (Å²) in [7, 11) is -3.57. The van der Waals surface area contributed by atoms with Crippen LogP contribution in [0.2, 0.25) is 0 Å². The molecular formula is C16H28NaO3S. The molecule has 0 heterocycles. The summed E-state index contributed by atoms with van der Waals surface area (Å²) in [4.78, 5) is 0. The average molecular weight is 323 g/mol. The van der Waals surface area contributed by atoms with Gasteiger partial charge >= 0.3 is 0 Å². The van der Waals surface area contributed by atoms with Crippen LogP contribution < -0.4 is 0 Å². The van der Waals surface area contributed by atoms with Gasteiger partial charge in [-0.15, -0.1) is 0 Å². The molecule has 1 rings (SSSR count). The summed E-state index contributed by atoms with van der Waals surface area (Å²) >= 11 is 0. The summed E-state index contributed by atoms with van der Waals surface area (Å²) < 4.78 is 29.0. The van der Waals surface area contributed by atoms with Crippen molar-refractivity contribution < 1.29 is 12.6 Å². The van der Waals surface area contributed by atoms with Crippen molar-refractivity contribution in [2.24, 2.45) is 5.92 Å². The van der Waals surface area contributed by atoms with Crippen LogP contribution in [0.3, 0.4) is 0 Å². The van der Waals surface area contributed by atoms with Crippen LogP contribution in [0.1, 0.15) is 59.3 Å². The number of rotatable bonds is 9.